The van der Waals surface area contributed by atoms with Crippen molar-refractivity contribution in [1.29, 1.82) is 0 Å². The number of aliphatic hydroxyl groups excluding tert-OH is 1. The third-order valence-electron chi connectivity index (χ3n) is 2.25. The smallest absolute Gasteiger partial charge is 0.138 e. The lowest BCUT2D eigenvalue weighted by atomic mass is 10.3. The maximum absolute atomic E-state index is 9.69. The molecule has 0 aromatic heterocycles. The van der Waals surface area contributed by atoms with E-state index in [9.17, 15) is 5.11 Å². The minimum absolute atomic E-state index is 0.218. The molecular weight excluding hydrogens is 250 g/mol. The molecule has 4 heteroatoms. The van der Waals surface area contributed by atoms with Crippen molar-refractivity contribution in [1.82, 2.24) is 5.32 Å². The molecule has 1 aromatic rings. The molecule has 1 unspecified atom stereocenters. The molecule has 0 bridgehead atoms. The number of hydrogen-bond donors (Lipinski definition) is 2. The molecule has 0 saturated heterocycles. The van der Waals surface area contributed by atoms with E-state index in [-0.39, 0.29) is 6.61 Å². The fourth-order valence-corrected chi connectivity index (χ4v) is 1.54. The number of aliphatic hydroxyl groups is 1. The van der Waals surface area contributed by atoms with Crippen LogP contribution in [0.2, 0.25) is 5.02 Å². The van der Waals surface area contributed by atoms with Crippen molar-refractivity contribution in [3.63, 3.8) is 0 Å². The summed E-state index contributed by atoms with van der Waals surface area (Å²) in [5, 5.41) is 13.3. The summed E-state index contributed by atoms with van der Waals surface area (Å²) >= 11 is 5.93. The Morgan fingerprint density at radius 1 is 1.44 bits per heavy atom. The van der Waals surface area contributed by atoms with Crippen LogP contribution in [0.1, 0.15) is 13.3 Å². The molecule has 0 radical (unpaired) electrons. The second-order valence-electron chi connectivity index (χ2n) is 3.78. The maximum Gasteiger partial charge on any atom is 0.138 e. The molecule has 0 aliphatic heterocycles. The summed E-state index contributed by atoms with van der Waals surface area (Å²) in [6.07, 6.45) is 0.227. The van der Waals surface area contributed by atoms with Crippen molar-refractivity contribution < 1.29 is 9.84 Å². The first-order chi connectivity index (χ1) is 8.74. The third kappa shape index (κ3) is 5.92. The van der Waals surface area contributed by atoms with Crippen molar-refractivity contribution in [2.75, 3.05) is 19.7 Å². The summed E-state index contributed by atoms with van der Waals surface area (Å²) < 4.78 is 5.43. The zero-order valence-electron chi connectivity index (χ0n) is 10.4. The molecule has 0 saturated carbocycles. The highest BCUT2D eigenvalue weighted by Crippen LogP contribution is 2.22. The Balaban J connectivity index is 2.18. The van der Waals surface area contributed by atoms with Crippen LogP contribution in [0, 0.1) is 11.8 Å². The van der Waals surface area contributed by atoms with Crippen molar-refractivity contribution in [3.8, 4) is 17.6 Å². The van der Waals surface area contributed by atoms with Crippen molar-refractivity contribution in [2.24, 2.45) is 0 Å². The van der Waals surface area contributed by atoms with Crippen LogP contribution in [0.3, 0.4) is 0 Å². The maximum atomic E-state index is 9.69. The van der Waals surface area contributed by atoms with Crippen LogP contribution in [0.15, 0.2) is 24.3 Å². The van der Waals surface area contributed by atoms with E-state index in [1.807, 2.05) is 19.1 Å². The molecule has 0 fully saturated rings. The lowest BCUT2D eigenvalue weighted by molar-refractivity contribution is 0.107. The van der Waals surface area contributed by atoms with Crippen LogP contribution in [-0.4, -0.2) is 30.9 Å². The van der Waals surface area contributed by atoms with E-state index in [1.54, 1.807) is 12.1 Å². The number of ether oxygens (including phenoxy) is 1. The fourth-order valence-electron chi connectivity index (χ4n) is 1.35. The van der Waals surface area contributed by atoms with Gasteiger partial charge in [0.1, 0.15) is 18.5 Å². The molecule has 2 N–H and O–H groups in total. The van der Waals surface area contributed by atoms with Gasteiger partial charge in [-0.1, -0.05) is 23.7 Å². The molecule has 0 spiro atoms. The molecule has 0 amide bonds. The Bertz CT molecular complexity index is 412. The van der Waals surface area contributed by atoms with E-state index in [2.05, 4.69) is 17.2 Å². The number of hydrogen-bond acceptors (Lipinski definition) is 3. The standard InChI is InChI=1S/C14H18ClNO2/c1-2-3-6-9-16-10-12(17)11-18-14-8-5-4-7-13(14)15/h4-5,7-8,12,16-17H,6,9-11H2,1H3. The van der Waals surface area contributed by atoms with E-state index in [1.165, 1.54) is 0 Å². The molecule has 0 aliphatic carbocycles. The average molecular weight is 268 g/mol. The average Bonchev–Trinajstić information content (AvgIpc) is 2.37. The highest BCUT2D eigenvalue weighted by molar-refractivity contribution is 6.32. The Kier molecular flexibility index (Phi) is 7.28. The van der Waals surface area contributed by atoms with Crippen molar-refractivity contribution in [2.45, 2.75) is 19.4 Å². The summed E-state index contributed by atoms with van der Waals surface area (Å²) in [7, 11) is 0. The van der Waals surface area contributed by atoms with E-state index in [0.29, 0.717) is 17.3 Å². The van der Waals surface area contributed by atoms with Gasteiger partial charge in [-0.15, -0.1) is 11.8 Å². The SMILES string of the molecule is CC#CCCNCC(O)COc1ccccc1Cl. The van der Waals surface area contributed by atoms with Crippen LogP contribution in [0.25, 0.3) is 0 Å². The van der Waals surface area contributed by atoms with E-state index in [0.717, 1.165) is 13.0 Å². The summed E-state index contributed by atoms with van der Waals surface area (Å²) in [5.41, 5.74) is 0. The molecule has 18 heavy (non-hydrogen) atoms. The zero-order valence-corrected chi connectivity index (χ0v) is 11.2. The summed E-state index contributed by atoms with van der Waals surface area (Å²) in [6.45, 7) is 3.28. The van der Waals surface area contributed by atoms with Crippen LogP contribution < -0.4 is 10.1 Å². The van der Waals surface area contributed by atoms with Gasteiger partial charge in [0.05, 0.1) is 5.02 Å². The summed E-state index contributed by atoms with van der Waals surface area (Å²) in [5.74, 6) is 6.35. The lowest BCUT2D eigenvalue weighted by Gasteiger charge is -2.13. The Morgan fingerprint density at radius 3 is 2.94 bits per heavy atom. The Morgan fingerprint density at radius 2 is 2.22 bits per heavy atom. The highest BCUT2D eigenvalue weighted by Gasteiger charge is 2.06. The minimum atomic E-state index is -0.559. The van der Waals surface area contributed by atoms with Crippen LogP contribution in [0.4, 0.5) is 0 Å². The van der Waals surface area contributed by atoms with Gasteiger partial charge < -0.3 is 15.2 Å². The molecule has 0 heterocycles. The van der Waals surface area contributed by atoms with E-state index >= 15 is 0 Å². The van der Waals surface area contributed by atoms with Gasteiger partial charge in [0.25, 0.3) is 0 Å². The number of para-hydroxylation sites is 1. The second-order valence-corrected chi connectivity index (χ2v) is 4.18. The predicted octanol–water partition coefficient (Wildman–Crippen LogP) is 2.08. The molecule has 1 atom stereocenters. The van der Waals surface area contributed by atoms with Crippen LogP contribution in [0.5, 0.6) is 5.75 Å². The lowest BCUT2D eigenvalue weighted by Crippen LogP contribution is -2.31. The normalized spacial score (nSPS) is 11.5. The van der Waals surface area contributed by atoms with Gasteiger partial charge in [-0.3, -0.25) is 0 Å². The van der Waals surface area contributed by atoms with E-state index in [4.69, 9.17) is 16.3 Å². The largest absolute Gasteiger partial charge is 0.489 e. The van der Waals surface area contributed by atoms with Gasteiger partial charge in [-0.25, -0.2) is 0 Å². The van der Waals surface area contributed by atoms with Crippen LogP contribution in [-0.2, 0) is 0 Å². The van der Waals surface area contributed by atoms with Gasteiger partial charge >= 0.3 is 0 Å². The van der Waals surface area contributed by atoms with Gasteiger partial charge in [0, 0.05) is 19.5 Å². The van der Waals surface area contributed by atoms with Gasteiger partial charge in [0.2, 0.25) is 0 Å². The third-order valence-corrected chi connectivity index (χ3v) is 2.56. The number of benzene rings is 1. The Labute approximate surface area is 113 Å². The van der Waals surface area contributed by atoms with E-state index < -0.39 is 6.10 Å². The number of nitrogens with one attached hydrogen (secondary N) is 1. The quantitative estimate of drug-likeness (QED) is 0.587. The van der Waals surface area contributed by atoms with Crippen molar-refractivity contribution in [3.05, 3.63) is 29.3 Å². The summed E-state index contributed by atoms with van der Waals surface area (Å²) in [4.78, 5) is 0. The topological polar surface area (TPSA) is 41.5 Å². The molecule has 0 aliphatic rings. The first kappa shape index (κ1) is 14.8. The number of halogens is 1. The molecule has 98 valence electrons. The molecular formula is C14H18ClNO2. The first-order valence-electron chi connectivity index (χ1n) is 5.89. The monoisotopic (exact) mass is 267 g/mol. The van der Waals surface area contributed by atoms with Gasteiger partial charge in [-0.05, 0) is 19.1 Å². The molecule has 3 nitrogen and oxygen atoms in total. The number of rotatable bonds is 7. The first-order valence-corrected chi connectivity index (χ1v) is 6.27. The van der Waals surface area contributed by atoms with Crippen LogP contribution >= 0.6 is 11.6 Å². The Hall–Kier alpha value is -1.21. The van der Waals surface area contributed by atoms with Gasteiger partial charge in [0.15, 0.2) is 0 Å². The predicted molar refractivity (Wildman–Crippen MR) is 73.9 cm³/mol. The molecule has 1 rings (SSSR count). The molecule has 1 aromatic carbocycles. The minimum Gasteiger partial charge on any atom is -0.489 e. The zero-order chi connectivity index (χ0) is 13.2. The second kappa shape index (κ2) is 8.82. The highest BCUT2D eigenvalue weighted by atomic mass is 35.5. The fraction of sp³-hybridized carbons (Fsp3) is 0.429. The van der Waals surface area contributed by atoms with Gasteiger partial charge in [-0.2, -0.15) is 0 Å². The van der Waals surface area contributed by atoms with Crippen molar-refractivity contribution >= 4 is 11.6 Å². The summed E-state index contributed by atoms with van der Waals surface area (Å²) in [6, 6.07) is 7.21.